The van der Waals surface area contributed by atoms with Crippen LogP contribution in [0.5, 0.6) is 0 Å². The Labute approximate surface area is 81.9 Å². The van der Waals surface area contributed by atoms with Gasteiger partial charge in [0.15, 0.2) is 0 Å². The lowest BCUT2D eigenvalue weighted by molar-refractivity contribution is 0.0699. The average Bonchev–Trinajstić information content (AvgIpc) is 2.61. The minimum Gasteiger partial charge on any atom is -0.478 e. The second-order valence-corrected chi connectivity index (χ2v) is 4.55. The highest BCUT2D eigenvalue weighted by Crippen LogP contribution is 2.34. The third-order valence-corrected chi connectivity index (χ3v) is 3.96. The number of aliphatic hydroxyl groups is 1. The lowest BCUT2D eigenvalue weighted by Gasteiger charge is -1.91. The summed E-state index contributed by atoms with van der Waals surface area (Å²) in [5.41, 5.74) is 1.00. The molecular weight excluding hydrogens is 208 g/mol. The van der Waals surface area contributed by atoms with Crippen LogP contribution in [0.3, 0.4) is 0 Å². The quantitative estimate of drug-likeness (QED) is 0.805. The highest BCUT2D eigenvalue weighted by Gasteiger charge is 2.15. The molecule has 0 spiro atoms. The molecule has 0 amide bonds. The molecule has 68 valence electrons. The van der Waals surface area contributed by atoms with Gasteiger partial charge in [-0.1, -0.05) is 0 Å². The van der Waals surface area contributed by atoms with E-state index < -0.39 is 5.97 Å². The van der Waals surface area contributed by atoms with Crippen LogP contribution in [0.1, 0.15) is 15.9 Å². The molecule has 0 saturated heterocycles. The summed E-state index contributed by atoms with van der Waals surface area (Å²) >= 11 is 2.88. The molecule has 0 aromatic carbocycles. The van der Waals surface area contributed by atoms with Crippen molar-refractivity contribution >= 4 is 38.0 Å². The topological polar surface area (TPSA) is 57.5 Å². The number of hydrogen-bond donors (Lipinski definition) is 2. The number of aromatic carboxylic acids is 1. The maximum absolute atomic E-state index is 10.8. The molecule has 0 aliphatic carbocycles. The molecule has 2 aromatic rings. The Kier molecular flexibility index (Phi) is 2.07. The van der Waals surface area contributed by atoms with Gasteiger partial charge in [-0.15, -0.1) is 22.7 Å². The van der Waals surface area contributed by atoms with Crippen molar-refractivity contribution in [3.05, 3.63) is 21.9 Å². The minimum absolute atomic E-state index is 0.100. The summed E-state index contributed by atoms with van der Waals surface area (Å²) in [6.07, 6.45) is 0. The van der Waals surface area contributed by atoms with E-state index in [-0.39, 0.29) is 6.61 Å². The van der Waals surface area contributed by atoms with Crippen LogP contribution in [0, 0.1) is 0 Å². The number of fused-ring (bicyclic) bond motifs is 1. The Morgan fingerprint density at radius 3 is 2.69 bits per heavy atom. The number of carboxylic acids is 1. The first kappa shape index (κ1) is 8.68. The van der Waals surface area contributed by atoms with Crippen molar-refractivity contribution in [3.63, 3.8) is 0 Å². The standard InChI is InChI=1S/C8H6O3S2/c9-1-4-2-12-8-6(4)5(3-13-8)7(10)11/h2-3,9H,1H2,(H,10,11). The van der Waals surface area contributed by atoms with Gasteiger partial charge in [0, 0.05) is 10.8 Å². The van der Waals surface area contributed by atoms with E-state index in [2.05, 4.69) is 0 Å². The van der Waals surface area contributed by atoms with Crippen molar-refractivity contribution in [2.75, 3.05) is 0 Å². The number of carbonyl (C=O) groups is 1. The van der Waals surface area contributed by atoms with Crippen molar-refractivity contribution in [1.29, 1.82) is 0 Å². The number of thiophene rings is 2. The maximum atomic E-state index is 10.8. The largest absolute Gasteiger partial charge is 0.478 e. The Morgan fingerprint density at radius 2 is 2.08 bits per heavy atom. The third kappa shape index (κ3) is 1.25. The molecule has 0 fully saturated rings. The molecule has 0 aliphatic heterocycles. The molecule has 0 radical (unpaired) electrons. The third-order valence-electron chi connectivity index (χ3n) is 1.79. The summed E-state index contributed by atoms with van der Waals surface area (Å²) in [4.78, 5) is 10.8. The lowest BCUT2D eigenvalue weighted by Crippen LogP contribution is -1.94. The summed E-state index contributed by atoms with van der Waals surface area (Å²) in [5, 5.41) is 21.9. The molecule has 0 unspecified atom stereocenters. The van der Waals surface area contributed by atoms with Crippen molar-refractivity contribution in [2.45, 2.75) is 6.61 Å². The van der Waals surface area contributed by atoms with E-state index in [1.54, 1.807) is 10.8 Å². The molecule has 2 N–H and O–H groups in total. The van der Waals surface area contributed by atoms with Crippen molar-refractivity contribution in [3.8, 4) is 0 Å². The van der Waals surface area contributed by atoms with Gasteiger partial charge < -0.3 is 10.2 Å². The van der Waals surface area contributed by atoms with Crippen molar-refractivity contribution in [1.82, 2.24) is 0 Å². The first-order chi connectivity index (χ1) is 6.24. The maximum Gasteiger partial charge on any atom is 0.337 e. The normalized spacial score (nSPS) is 10.8. The Bertz CT molecular complexity index is 455. The van der Waals surface area contributed by atoms with Crippen LogP contribution in [0.15, 0.2) is 10.8 Å². The number of aliphatic hydroxyl groups excluding tert-OH is 1. The van der Waals surface area contributed by atoms with Gasteiger partial charge in [0.25, 0.3) is 0 Å². The van der Waals surface area contributed by atoms with Crippen LogP contribution in [0.2, 0.25) is 0 Å². The molecule has 2 aromatic heterocycles. The Morgan fingerprint density at radius 1 is 1.38 bits per heavy atom. The van der Waals surface area contributed by atoms with Crippen LogP contribution in [0.4, 0.5) is 0 Å². The fourth-order valence-electron chi connectivity index (χ4n) is 1.19. The average molecular weight is 214 g/mol. The molecule has 0 bridgehead atoms. The van der Waals surface area contributed by atoms with E-state index in [0.717, 1.165) is 4.01 Å². The van der Waals surface area contributed by atoms with E-state index in [1.807, 2.05) is 0 Å². The van der Waals surface area contributed by atoms with E-state index >= 15 is 0 Å². The highest BCUT2D eigenvalue weighted by atomic mass is 32.2. The summed E-state index contributed by atoms with van der Waals surface area (Å²) < 4.78 is 0.960. The van der Waals surface area contributed by atoms with E-state index in [0.29, 0.717) is 16.5 Å². The molecule has 0 saturated carbocycles. The zero-order chi connectivity index (χ0) is 9.42. The number of hydrogen-bond acceptors (Lipinski definition) is 4. The summed E-state index contributed by atoms with van der Waals surface area (Å²) in [6, 6.07) is 0. The summed E-state index contributed by atoms with van der Waals surface area (Å²) in [7, 11) is 0. The molecule has 2 heterocycles. The predicted octanol–water partition coefficient (Wildman–Crippen LogP) is 2.15. The van der Waals surface area contributed by atoms with Gasteiger partial charge in [-0.25, -0.2) is 4.79 Å². The van der Waals surface area contributed by atoms with Crippen LogP contribution < -0.4 is 0 Å². The molecule has 5 heteroatoms. The van der Waals surface area contributed by atoms with Crippen LogP contribution >= 0.6 is 22.7 Å². The summed E-state index contributed by atoms with van der Waals surface area (Å²) in [6.45, 7) is -0.100. The van der Waals surface area contributed by atoms with Crippen molar-refractivity contribution in [2.24, 2.45) is 0 Å². The van der Waals surface area contributed by atoms with E-state index in [9.17, 15) is 4.79 Å². The second-order valence-electron chi connectivity index (χ2n) is 2.54. The van der Waals surface area contributed by atoms with Gasteiger partial charge in [0.2, 0.25) is 0 Å². The lowest BCUT2D eigenvalue weighted by atomic mass is 10.2. The predicted molar refractivity (Wildman–Crippen MR) is 52.6 cm³/mol. The van der Waals surface area contributed by atoms with Gasteiger partial charge in [-0.05, 0) is 10.9 Å². The van der Waals surface area contributed by atoms with Crippen LogP contribution in [-0.4, -0.2) is 16.2 Å². The molecule has 0 atom stereocenters. The van der Waals surface area contributed by atoms with E-state index in [4.69, 9.17) is 10.2 Å². The van der Waals surface area contributed by atoms with Crippen LogP contribution in [0.25, 0.3) is 9.40 Å². The van der Waals surface area contributed by atoms with Gasteiger partial charge in [0.05, 0.1) is 16.2 Å². The van der Waals surface area contributed by atoms with E-state index in [1.165, 1.54) is 22.7 Å². The fraction of sp³-hybridized carbons (Fsp3) is 0.125. The zero-order valence-corrected chi connectivity index (χ0v) is 8.11. The summed E-state index contributed by atoms with van der Waals surface area (Å²) in [5.74, 6) is -0.931. The highest BCUT2D eigenvalue weighted by molar-refractivity contribution is 7.37. The number of carboxylic acid groups (broad SMARTS) is 1. The number of rotatable bonds is 2. The molecule has 2 rings (SSSR count). The molecule has 0 aliphatic rings. The zero-order valence-electron chi connectivity index (χ0n) is 6.48. The van der Waals surface area contributed by atoms with Crippen molar-refractivity contribution < 1.29 is 15.0 Å². The first-order valence-corrected chi connectivity index (χ1v) is 5.31. The minimum atomic E-state index is -0.931. The van der Waals surface area contributed by atoms with Gasteiger partial charge in [-0.2, -0.15) is 0 Å². The Balaban J connectivity index is 2.75. The van der Waals surface area contributed by atoms with Crippen LogP contribution in [-0.2, 0) is 6.61 Å². The molecular formula is C8H6O3S2. The van der Waals surface area contributed by atoms with Gasteiger partial charge >= 0.3 is 5.97 Å². The second kappa shape index (κ2) is 3.10. The molecule has 3 nitrogen and oxygen atoms in total. The Hall–Kier alpha value is -0.910. The fourth-order valence-corrected chi connectivity index (χ4v) is 3.30. The van der Waals surface area contributed by atoms with Gasteiger partial charge in [0.1, 0.15) is 0 Å². The monoisotopic (exact) mass is 214 g/mol. The molecule has 13 heavy (non-hydrogen) atoms. The van der Waals surface area contributed by atoms with Gasteiger partial charge in [-0.3, -0.25) is 0 Å². The first-order valence-electron chi connectivity index (χ1n) is 3.55. The SMILES string of the molecule is O=C(O)c1csc2scc(CO)c12. The smallest absolute Gasteiger partial charge is 0.337 e.